The third kappa shape index (κ3) is 4.75. The Kier molecular flexibility index (Phi) is 5.99. The Hall–Kier alpha value is -3.65. The lowest BCUT2D eigenvalue weighted by Crippen LogP contribution is -2.27. The van der Waals surface area contributed by atoms with Crippen molar-refractivity contribution in [2.75, 3.05) is 7.11 Å². The number of nitrogens with one attached hydrogen (secondary N) is 1. The average molecular weight is 441 g/mol. The van der Waals surface area contributed by atoms with Crippen LogP contribution in [-0.4, -0.2) is 27.7 Å². The molecule has 0 bridgehead atoms. The minimum atomic E-state index is -0.521. The maximum absolute atomic E-state index is 14.0. The first kappa shape index (κ1) is 20.6. The maximum atomic E-state index is 14.0. The summed E-state index contributed by atoms with van der Waals surface area (Å²) in [6.45, 7) is 0.463. The lowest BCUT2D eigenvalue weighted by atomic mass is 10.2. The van der Waals surface area contributed by atoms with Crippen LogP contribution < -0.4 is 10.1 Å². The van der Waals surface area contributed by atoms with E-state index in [4.69, 9.17) is 20.9 Å². The van der Waals surface area contributed by atoms with Gasteiger partial charge in [0.15, 0.2) is 11.6 Å². The monoisotopic (exact) mass is 440 g/mol. The van der Waals surface area contributed by atoms with E-state index >= 15 is 0 Å². The molecule has 0 aliphatic carbocycles. The number of amides is 1. The van der Waals surface area contributed by atoms with Crippen LogP contribution in [0.2, 0.25) is 5.02 Å². The molecule has 31 heavy (non-hydrogen) atoms. The van der Waals surface area contributed by atoms with E-state index in [1.807, 2.05) is 12.1 Å². The molecule has 7 nitrogen and oxygen atoms in total. The van der Waals surface area contributed by atoms with Gasteiger partial charge in [0.05, 0.1) is 7.11 Å². The van der Waals surface area contributed by atoms with E-state index in [1.54, 1.807) is 41.1 Å². The summed E-state index contributed by atoms with van der Waals surface area (Å²) in [4.78, 5) is 16.7. The predicted octanol–water partition coefficient (Wildman–Crippen LogP) is 4.32. The van der Waals surface area contributed by atoms with Crippen LogP contribution in [0.4, 0.5) is 4.39 Å². The Labute approximate surface area is 182 Å². The van der Waals surface area contributed by atoms with Gasteiger partial charge in [-0.1, -0.05) is 28.9 Å². The molecule has 0 unspecified atom stereocenters. The second kappa shape index (κ2) is 9.01. The van der Waals surface area contributed by atoms with Gasteiger partial charge in [-0.3, -0.25) is 4.79 Å². The van der Waals surface area contributed by atoms with Gasteiger partial charge in [-0.05, 0) is 48.0 Å². The van der Waals surface area contributed by atoms with Crippen LogP contribution in [0.15, 0.2) is 65.3 Å². The number of halogens is 2. The van der Waals surface area contributed by atoms with Crippen molar-refractivity contribution in [1.29, 1.82) is 0 Å². The van der Waals surface area contributed by atoms with Gasteiger partial charge in [0.25, 0.3) is 5.89 Å². The van der Waals surface area contributed by atoms with E-state index in [0.29, 0.717) is 22.8 Å². The molecule has 0 atom stereocenters. The number of rotatable bonds is 7. The van der Waals surface area contributed by atoms with Crippen LogP contribution in [0.3, 0.4) is 0 Å². The number of ether oxygens (including phenoxy) is 1. The number of carbonyl (C=O) groups excluding carboxylic acids is 1. The molecule has 0 saturated carbocycles. The van der Waals surface area contributed by atoms with E-state index in [9.17, 15) is 9.18 Å². The Morgan fingerprint density at radius 3 is 2.77 bits per heavy atom. The smallest absolute Gasteiger partial charge is 0.274 e. The summed E-state index contributed by atoms with van der Waals surface area (Å²) >= 11 is 5.87. The number of hydrogen-bond donors (Lipinski definition) is 1. The molecule has 9 heteroatoms. The highest BCUT2D eigenvalue weighted by atomic mass is 35.5. The van der Waals surface area contributed by atoms with Gasteiger partial charge in [0, 0.05) is 23.3 Å². The van der Waals surface area contributed by atoms with Crippen LogP contribution in [0.5, 0.6) is 5.75 Å². The predicted molar refractivity (Wildman–Crippen MR) is 113 cm³/mol. The highest BCUT2D eigenvalue weighted by Gasteiger charge is 2.16. The van der Waals surface area contributed by atoms with Crippen LogP contribution in [0.25, 0.3) is 23.0 Å². The van der Waals surface area contributed by atoms with Crippen molar-refractivity contribution in [2.24, 2.45) is 0 Å². The van der Waals surface area contributed by atoms with Gasteiger partial charge in [-0.2, -0.15) is 4.98 Å². The summed E-state index contributed by atoms with van der Waals surface area (Å²) in [5.41, 5.74) is 1.97. The summed E-state index contributed by atoms with van der Waals surface area (Å²) in [5, 5.41) is 7.43. The van der Waals surface area contributed by atoms with Crippen molar-refractivity contribution < 1.29 is 18.4 Å². The molecular formula is C22H18ClFN4O3. The van der Waals surface area contributed by atoms with Crippen LogP contribution >= 0.6 is 11.6 Å². The normalized spacial score (nSPS) is 10.8. The molecule has 0 aliphatic heterocycles. The summed E-state index contributed by atoms with van der Waals surface area (Å²) in [7, 11) is 1.39. The minimum Gasteiger partial charge on any atom is -0.494 e. The molecule has 0 aliphatic rings. The largest absolute Gasteiger partial charge is 0.494 e. The van der Waals surface area contributed by atoms with Gasteiger partial charge in [-0.25, -0.2) is 4.39 Å². The fraction of sp³-hybridized carbons (Fsp3) is 0.136. The van der Waals surface area contributed by atoms with Crippen LogP contribution in [0.1, 0.15) is 5.56 Å². The summed E-state index contributed by atoms with van der Waals surface area (Å²) in [5.74, 6) is -0.111. The molecule has 1 amide bonds. The molecule has 158 valence electrons. The van der Waals surface area contributed by atoms with Crippen molar-refractivity contribution in [3.05, 3.63) is 77.2 Å². The van der Waals surface area contributed by atoms with E-state index in [1.165, 1.54) is 19.2 Å². The molecule has 4 rings (SSSR count). The molecule has 0 spiro atoms. The molecule has 0 radical (unpaired) electrons. The minimum absolute atomic E-state index is 0.0742. The van der Waals surface area contributed by atoms with Crippen molar-refractivity contribution in [2.45, 2.75) is 13.1 Å². The van der Waals surface area contributed by atoms with E-state index in [2.05, 4.69) is 15.5 Å². The van der Waals surface area contributed by atoms with Crippen molar-refractivity contribution in [3.63, 3.8) is 0 Å². The summed E-state index contributed by atoms with van der Waals surface area (Å²) < 4.78 is 25.9. The quantitative estimate of drug-likeness (QED) is 0.462. The molecule has 0 fully saturated rings. The Bertz CT molecular complexity index is 1200. The van der Waals surface area contributed by atoms with Gasteiger partial charge in [0.1, 0.15) is 12.2 Å². The number of methoxy groups -OCH3 is 1. The summed E-state index contributed by atoms with van der Waals surface area (Å²) in [6.07, 6.45) is 1.74. The van der Waals surface area contributed by atoms with Gasteiger partial charge in [0.2, 0.25) is 11.7 Å². The zero-order valence-corrected chi connectivity index (χ0v) is 17.3. The first-order valence-corrected chi connectivity index (χ1v) is 9.75. The standard InChI is InChI=1S/C22H18ClFN4O3/c1-30-19-9-6-15(11-17(19)24)21-26-22(31-27-21)18-3-2-10-28(18)13-20(29)25-12-14-4-7-16(23)8-5-14/h2-11H,12-13H2,1H3,(H,25,29). The van der Waals surface area contributed by atoms with Crippen molar-refractivity contribution >= 4 is 17.5 Å². The third-order valence-electron chi connectivity index (χ3n) is 4.60. The van der Waals surface area contributed by atoms with Crippen LogP contribution in [-0.2, 0) is 17.9 Å². The number of aromatic nitrogens is 3. The first-order valence-electron chi connectivity index (χ1n) is 9.38. The lowest BCUT2D eigenvalue weighted by molar-refractivity contribution is -0.121. The Morgan fingerprint density at radius 1 is 1.23 bits per heavy atom. The second-order valence-electron chi connectivity index (χ2n) is 6.70. The SMILES string of the molecule is COc1ccc(-c2noc(-c3cccn3CC(=O)NCc3ccc(Cl)cc3)n2)cc1F. The fourth-order valence-corrected chi connectivity index (χ4v) is 3.14. The van der Waals surface area contributed by atoms with Crippen molar-refractivity contribution in [3.8, 4) is 28.7 Å². The van der Waals surface area contributed by atoms with Gasteiger partial charge in [-0.15, -0.1) is 0 Å². The van der Waals surface area contributed by atoms with Crippen molar-refractivity contribution in [1.82, 2.24) is 20.0 Å². The van der Waals surface area contributed by atoms with Gasteiger partial charge >= 0.3 is 0 Å². The first-order chi connectivity index (χ1) is 15.0. The summed E-state index contributed by atoms with van der Waals surface area (Å²) in [6, 6.07) is 15.2. The number of carbonyl (C=O) groups is 1. The highest BCUT2D eigenvalue weighted by Crippen LogP contribution is 2.26. The lowest BCUT2D eigenvalue weighted by Gasteiger charge is -2.08. The highest BCUT2D eigenvalue weighted by molar-refractivity contribution is 6.30. The third-order valence-corrected chi connectivity index (χ3v) is 4.85. The average Bonchev–Trinajstić information content (AvgIpc) is 3.43. The maximum Gasteiger partial charge on any atom is 0.274 e. The molecule has 2 aromatic carbocycles. The zero-order valence-electron chi connectivity index (χ0n) is 16.5. The topological polar surface area (TPSA) is 82.2 Å². The van der Waals surface area contributed by atoms with Gasteiger partial charge < -0.3 is 19.1 Å². The second-order valence-corrected chi connectivity index (χ2v) is 7.13. The van der Waals surface area contributed by atoms with E-state index < -0.39 is 5.82 Å². The number of nitrogens with zero attached hydrogens (tertiary/aromatic N) is 3. The molecule has 2 aromatic heterocycles. The van der Waals surface area contributed by atoms with Crippen LogP contribution in [0, 0.1) is 5.82 Å². The Balaban J connectivity index is 1.45. The van der Waals surface area contributed by atoms with E-state index in [0.717, 1.165) is 5.56 Å². The molecule has 2 heterocycles. The molecule has 1 N–H and O–H groups in total. The molecule has 0 saturated heterocycles. The Morgan fingerprint density at radius 2 is 2.03 bits per heavy atom. The molecular weight excluding hydrogens is 423 g/mol. The number of benzene rings is 2. The zero-order chi connectivity index (χ0) is 21.8. The van der Waals surface area contributed by atoms with E-state index in [-0.39, 0.29) is 29.9 Å². The molecule has 4 aromatic rings. The number of hydrogen-bond acceptors (Lipinski definition) is 5. The fourth-order valence-electron chi connectivity index (χ4n) is 3.01.